The monoisotopic (exact) mass is 455 g/mol. The smallest absolute Gasteiger partial charge is 0.246 e. The van der Waals surface area contributed by atoms with E-state index in [1.807, 2.05) is 38.1 Å². The van der Waals surface area contributed by atoms with Crippen LogP contribution in [0.3, 0.4) is 0 Å². The summed E-state index contributed by atoms with van der Waals surface area (Å²) >= 11 is 12.4. The summed E-state index contributed by atoms with van der Waals surface area (Å²) in [5, 5.41) is 5.56. The van der Waals surface area contributed by atoms with E-state index in [2.05, 4.69) is 5.10 Å². The molecule has 29 heavy (non-hydrogen) atoms. The summed E-state index contributed by atoms with van der Waals surface area (Å²) in [5.74, 6) is -0.0669. The highest BCUT2D eigenvalue weighted by molar-refractivity contribution is 7.91. The Labute approximate surface area is 181 Å². The van der Waals surface area contributed by atoms with Gasteiger partial charge >= 0.3 is 0 Å². The molecule has 9 heteroatoms. The molecule has 1 saturated heterocycles. The van der Waals surface area contributed by atoms with E-state index in [4.69, 9.17) is 23.2 Å². The second-order valence-corrected chi connectivity index (χ2v) is 10.1. The molecule has 1 aliphatic rings. The Morgan fingerprint density at radius 1 is 1.31 bits per heavy atom. The molecule has 0 bridgehead atoms. The van der Waals surface area contributed by atoms with Crippen molar-refractivity contribution in [1.29, 1.82) is 0 Å². The summed E-state index contributed by atoms with van der Waals surface area (Å²) in [6.07, 6.45) is 3.57. The van der Waals surface area contributed by atoms with Crippen molar-refractivity contribution in [1.82, 2.24) is 14.7 Å². The van der Waals surface area contributed by atoms with Crippen LogP contribution in [-0.2, 0) is 21.2 Å². The number of likely N-dealkylation sites (N-methyl/N-ethyl adjacent to an activating group) is 1. The van der Waals surface area contributed by atoms with Gasteiger partial charge in [-0.1, -0.05) is 35.3 Å². The van der Waals surface area contributed by atoms with Gasteiger partial charge in [0.25, 0.3) is 0 Å². The number of carbonyl (C=O) groups is 1. The molecule has 0 N–H and O–H groups in total. The van der Waals surface area contributed by atoms with Crippen LogP contribution in [0.25, 0.3) is 6.08 Å². The van der Waals surface area contributed by atoms with Gasteiger partial charge in [-0.2, -0.15) is 5.10 Å². The summed E-state index contributed by atoms with van der Waals surface area (Å²) in [6.45, 7) is 4.61. The molecule has 1 aromatic heterocycles. The molecular formula is C20H23Cl2N3O3S. The first-order chi connectivity index (χ1) is 13.7. The lowest BCUT2D eigenvalue weighted by Gasteiger charge is -2.25. The van der Waals surface area contributed by atoms with E-state index in [1.54, 1.807) is 15.7 Å². The summed E-state index contributed by atoms with van der Waals surface area (Å²) in [4.78, 5) is 14.3. The van der Waals surface area contributed by atoms with Gasteiger partial charge in [-0.25, -0.2) is 13.1 Å². The quantitative estimate of drug-likeness (QED) is 0.623. The molecule has 0 radical (unpaired) electrons. The normalized spacial score (nSPS) is 18.4. The Kier molecular flexibility index (Phi) is 6.71. The Morgan fingerprint density at radius 2 is 2.00 bits per heavy atom. The van der Waals surface area contributed by atoms with Crippen molar-refractivity contribution in [2.75, 3.05) is 18.1 Å². The Bertz CT molecular complexity index is 1030. The number of nitrogens with zero attached hydrogens (tertiary/aromatic N) is 3. The van der Waals surface area contributed by atoms with Crippen molar-refractivity contribution in [3.63, 3.8) is 0 Å². The van der Waals surface area contributed by atoms with E-state index in [0.29, 0.717) is 40.9 Å². The summed E-state index contributed by atoms with van der Waals surface area (Å²) < 4.78 is 25.1. The van der Waals surface area contributed by atoms with Gasteiger partial charge in [0.2, 0.25) is 5.91 Å². The minimum Gasteiger partial charge on any atom is -0.335 e. The number of hydrogen-bond donors (Lipinski definition) is 0. The number of hydrogen-bond acceptors (Lipinski definition) is 4. The predicted molar refractivity (Wildman–Crippen MR) is 116 cm³/mol. The van der Waals surface area contributed by atoms with E-state index in [1.165, 1.54) is 6.08 Å². The van der Waals surface area contributed by atoms with Gasteiger partial charge < -0.3 is 4.90 Å². The van der Waals surface area contributed by atoms with Crippen molar-refractivity contribution in [2.45, 2.75) is 32.9 Å². The summed E-state index contributed by atoms with van der Waals surface area (Å²) in [7, 11) is -3.05. The maximum Gasteiger partial charge on any atom is 0.246 e. The second kappa shape index (κ2) is 8.90. The zero-order chi connectivity index (χ0) is 21.2. The molecule has 6 nitrogen and oxygen atoms in total. The molecule has 156 valence electrons. The number of amides is 1. The van der Waals surface area contributed by atoms with Crippen molar-refractivity contribution in [2.24, 2.45) is 0 Å². The fourth-order valence-corrected chi connectivity index (χ4v) is 5.64. The third-order valence-electron chi connectivity index (χ3n) is 5.02. The van der Waals surface area contributed by atoms with Crippen LogP contribution in [0, 0.1) is 6.92 Å². The summed E-state index contributed by atoms with van der Waals surface area (Å²) in [6, 6.07) is 7.16. The maximum atomic E-state index is 12.7. The van der Waals surface area contributed by atoms with Crippen LogP contribution in [0.15, 0.2) is 30.3 Å². The standard InChI is InChI=1S/C20H23Cl2N3O3S/c1-3-24(17-10-11-29(27,28)13-17)19(26)9-8-18-14(2)23-25(20(18)22)12-15-4-6-16(21)7-5-15/h4-9,17H,3,10-13H2,1-2H3. The third-order valence-corrected chi connectivity index (χ3v) is 7.42. The highest BCUT2D eigenvalue weighted by Gasteiger charge is 2.33. The van der Waals surface area contributed by atoms with E-state index >= 15 is 0 Å². The van der Waals surface area contributed by atoms with Gasteiger partial charge in [0.15, 0.2) is 9.84 Å². The van der Waals surface area contributed by atoms with Crippen LogP contribution < -0.4 is 0 Å². The highest BCUT2D eigenvalue weighted by Crippen LogP contribution is 2.24. The van der Waals surface area contributed by atoms with E-state index in [9.17, 15) is 13.2 Å². The molecule has 2 aromatic rings. The van der Waals surface area contributed by atoms with Crippen molar-refractivity contribution in [3.05, 3.63) is 57.3 Å². The van der Waals surface area contributed by atoms with Gasteiger partial charge in [-0.05, 0) is 44.0 Å². The average molecular weight is 456 g/mol. The molecule has 1 unspecified atom stereocenters. The first-order valence-corrected chi connectivity index (χ1v) is 11.9. The van der Waals surface area contributed by atoms with E-state index in [0.717, 1.165) is 5.56 Å². The first kappa shape index (κ1) is 21.9. The number of aromatic nitrogens is 2. The van der Waals surface area contributed by atoms with Gasteiger partial charge in [0, 0.05) is 29.2 Å². The Morgan fingerprint density at radius 3 is 2.59 bits per heavy atom. The minimum atomic E-state index is -3.05. The molecule has 1 atom stereocenters. The second-order valence-electron chi connectivity index (χ2n) is 7.09. The van der Waals surface area contributed by atoms with Crippen LogP contribution in [0.1, 0.15) is 30.2 Å². The van der Waals surface area contributed by atoms with E-state index in [-0.39, 0.29) is 23.5 Å². The van der Waals surface area contributed by atoms with Gasteiger partial charge in [-0.3, -0.25) is 4.79 Å². The zero-order valence-corrected chi connectivity index (χ0v) is 18.6. The topological polar surface area (TPSA) is 72.3 Å². The largest absolute Gasteiger partial charge is 0.335 e. The third kappa shape index (κ3) is 5.21. The van der Waals surface area contributed by atoms with Gasteiger partial charge in [0.05, 0.1) is 23.7 Å². The number of rotatable bonds is 6. The van der Waals surface area contributed by atoms with Gasteiger partial charge in [-0.15, -0.1) is 0 Å². The van der Waals surface area contributed by atoms with Crippen LogP contribution in [0.5, 0.6) is 0 Å². The number of carbonyl (C=O) groups excluding carboxylic acids is 1. The lowest BCUT2D eigenvalue weighted by Crippen LogP contribution is -2.40. The van der Waals surface area contributed by atoms with Crippen LogP contribution in [0.4, 0.5) is 0 Å². The zero-order valence-electron chi connectivity index (χ0n) is 16.3. The lowest BCUT2D eigenvalue weighted by atomic mass is 10.2. The predicted octanol–water partition coefficient (Wildman–Crippen LogP) is 3.60. The molecule has 3 rings (SSSR count). The molecule has 0 spiro atoms. The van der Waals surface area contributed by atoms with Crippen molar-refractivity contribution >= 4 is 45.0 Å². The maximum absolute atomic E-state index is 12.7. The van der Waals surface area contributed by atoms with Crippen LogP contribution in [0.2, 0.25) is 10.2 Å². The highest BCUT2D eigenvalue weighted by atomic mass is 35.5. The first-order valence-electron chi connectivity index (χ1n) is 9.36. The fourth-order valence-electron chi connectivity index (χ4n) is 3.49. The molecule has 1 fully saturated rings. The molecule has 1 amide bonds. The Hall–Kier alpha value is -1.83. The molecule has 2 heterocycles. The van der Waals surface area contributed by atoms with Crippen molar-refractivity contribution in [3.8, 4) is 0 Å². The van der Waals surface area contributed by atoms with Crippen LogP contribution in [-0.4, -0.2) is 53.1 Å². The molecule has 0 aliphatic carbocycles. The molecular weight excluding hydrogens is 433 g/mol. The number of aryl methyl sites for hydroxylation is 1. The molecule has 1 aliphatic heterocycles. The SMILES string of the molecule is CCN(C(=O)C=Cc1c(C)nn(Cc2ccc(Cl)cc2)c1Cl)C1CCS(=O)(=O)C1. The van der Waals surface area contributed by atoms with Crippen LogP contribution >= 0.6 is 23.2 Å². The Balaban J connectivity index is 1.75. The molecule has 1 aromatic carbocycles. The number of sulfone groups is 1. The number of benzene rings is 1. The van der Waals surface area contributed by atoms with Crippen molar-refractivity contribution < 1.29 is 13.2 Å². The molecule has 0 saturated carbocycles. The number of halogens is 2. The average Bonchev–Trinajstić information content (AvgIpc) is 3.15. The minimum absolute atomic E-state index is 0.0270. The summed E-state index contributed by atoms with van der Waals surface area (Å²) in [5.41, 5.74) is 2.38. The lowest BCUT2D eigenvalue weighted by molar-refractivity contribution is -0.127. The van der Waals surface area contributed by atoms with Gasteiger partial charge in [0.1, 0.15) is 5.15 Å². The van der Waals surface area contributed by atoms with E-state index < -0.39 is 9.84 Å². The fraction of sp³-hybridized carbons (Fsp3) is 0.400.